The van der Waals surface area contributed by atoms with Gasteiger partial charge in [-0.05, 0) is 42.8 Å². The molecule has 6 heteroatoms. The lowest BCUT2D eigenvalue weighted by atomic mass is 10.1. The second-order valence-corrected chi connectivity index (χ2v) is 5.64. The molecular weight excluding hydrogens is 234 g/mol. The van der Waals surface area contributed by atoms with Crippen LogP contribution >= 0.6 is 11.8 Å². The van der Waals surface area contributed by atoms with Gasteiger partial charge in [-0.1, -0.05) is 17.8 Å². The molecule has 90 valence electrons. The van der Waals surface area contributed by atoms with Crippen molar-refractivity contribution in [3.63, 3.8) is 0 Å². The van der Waals surface area contributed by atoms with Gasteiger partial charge < -0.3 is 0 Å². The minimum absolute atomic E-state index is 0.0965. The second kappa shape index (κ2) is 4.83. The Morgan fingerprint density at radius 3 is 2.82 bits per heavy atom. The predicted molar refractivity (Wildman–Crippen MR) is 66.6 cm³/mol. The van der Waals surface area contributed by atoms with Crippen molar-refractivity contribution >= 4 is 11.8 Å². The number of nitrogens with zero attached hydrogens (tertiary/aromatic N) is 5. The molecule has 0 radical (unpaired) electrons. The van der Waals surface area contributed by atoms with Crippen LogP contribution in [0.15, 0.2) is 29.7 Å². The van der Waals surface area contributed by atoms with Crippen LogP contribution in [0, 0.1) is 0 Å². The lowest BCUT2D eigenvalue weighted by Crippen LogP contribution is -2.24. The molecule has 0 spiro atoms. The first-order valence-corrected chi connectivity index (χ1v) is 6.36. The highest BCUT2D eigenvalue weighted by Gasteiger charge is 2.19. The van der Waals surface area contributed by atoms with E-state index in [9.17, 15) is 0 Å². The van der Waals surface area contributed by atoms with Crippen LogP contribution in [0.1, 0.15) is 26.3 Å². The minimum atomic E-state index is -0.0965. The van der Waals surface area contributed by atoms with Crippen LogP contribution in [0.2, 0.25) is 0 Å². The molecule has 2 aromatic heterocycles. The van der Waals surface area contributed by atoms with Crippen molar-refractivity contribution in [2.24, 2.45) is 0 Å². The third-order valence-corrected chi connectivity index (χ3v) is 3.16. The molecule has 0 saturated heterocycles. The van der Waals surface area contributed by atoms with Gasteiger partial charge in [-0.15, -0.1) is 5.10 Å². The summed E-state index contributed by atoms with van der Waals surface area (Å²) in [5.74, 6) is 0.824. The van der Waals surface area contributed by atoms with Crippen molar-refractivity contribution in [2.45, 2.75) is 37.2 Å². The quantitative estimate of drug-likeness (QED) is 0.780. The Morgan fingerprint density at radius 1 is 1.35 bits per heavy atom. The van der Waals surface area contributed by atoms with Gasteiger partial charge in [0, 0.05) is 18.1 Å². The smallest absolute Gasteiger partial charge is 0.210 e. The third kappa shape index (κ3) is 3.03. The number of thioether (sulfide) groups is 1. The third-order valence-electron chi connectivity index (χ3n) is 2.17. The zero-order chi connectivity index (χ0) is 12.3. The molecule has 0 bridgehead atoms. The molecule has 0 aliphatic heterocycles. The average molecular weight is 249 g/mol. The Hall–Kier alpha value is -1.43. The van der Waals surface area contributed by atoms with Gasteiger partial charge in [0.2, 0.25) is 5.16 Å². The highest BCUT2D eigenvalue weighted by atomic mass is 32.2. The van der Waals surface area contributed by atoms with Crippen LogP contribution in [0.25, 0.3) is 0 Å². The van der Waals surface area contributed by atoms with Gasteiger partial charge in [0.25, 0.3) is 0 Å². The first kappa shape index (κ1) is 12.0. The van der Waals surface area contributed by atoms with Gasteiger partial charge in [0.15, 0.2) is 0 Å². The summed E-state index contributed by atoms with van der Waals surface area (Å²) in [5.41, 5.74) is 1.07. The fourth-order valence-electron chi connectivity index (χ4n) is 1.32. The number of hydrogen-bond acceptors (Lipinski definition) is 5. The molecular formula is C11H15N5S. The maximum absolute atomic E-state index is 4.08. The maximum atomic E-state index is 4.08. The van der Waals surface area contributed by atoms with E-state index in [2.05, 4.69) is 41.3 Å². The topological polar surface area (TPSA) is 56.5 Å². The van der Waals surface area contributed by atoms with Crippen molar-refractivity contribution in [3.05, 3.63) is 30.1 Å². The van der Waals surface area contributed by atoms with E-state index in [0.717, 1.165) is 10.9 Å². The molecule has 0 aliphatic rings. The van der Waals surface area contributed by atoms with Crippen LogP contribution in [-0.4, -0.2) is 25.2 Å². The number of aromatic nitrogens is 5. The van der Waals surface area contributed by atoms with Crippen LogP contribution in [0.4, 0.5) is 0 Å². The zero-order valence-corrected chi connectivity index (χ0v) is 11.0. The van der Waals surface area contributed by atoms with Gasteiger partial charge in [-0.25, -0.2) is 4.68 Å². The average Bonchev–Trinajstić information content (AvgIpc) is 2.75. The number of rotatable bonds is 3. The summed E-state index contributed by atoms with van der Waals surface area (Å²) < 4.78 is 1.84. The van der Waals surface area contributed by atoms with Gasteiger partial charge >= 0.3 is 0 Å². The molecule has 17 heavy (non-hydrogen) atoms. The summed E-state index contributed by atoms with van der Waals surface area (Å²) in [4.78, 5) is 4.08. The van der Waals surface area contributed by atoms with E-state index in [1.807, 2.05) is 23.0 Å². The maximum Gasteiger partial charge on any atom is 0.210 e. The van der Waals surface area contributed by atoms with Crippen molar-refractivity contribution < 1.29 is 0 Å². The summed E-state index contributed by atoms with van der Waals surface area (Å²) >= 11 is 1.62. The normalized spacial score (nSPS) is 11.7. The standard InChI is InChI=1S/C11H15N5S/c1-11(2,3)16-10(13-14-15-16)17-8-9-5-4-6-12-7-9/h4-7H,8H2,1-3H3. The van der Waals surface area contributed by atoms with E-state index < -0.39 is 0 Å². The Bertz CT molecular complexity index is 474. The van der Waals surface area contributed by atoms with Crippen LogP contribution in [-0.2, 0) is 11.3 Å². The van der Waals surface area contributed by atoms with Gasteiger partial charge in [-0.3, -0.25) is 4.98 Å². The lowest BCUT2D eigenvalue weighted by molar-refractivity contribution is 0.321. The highest BCUT2D eigenvalue weighted by Crippen LogP contribution is 2.24. The number of pyridine rings is 1. The van der Waals surface area contributed by atoms with E-state index in [0.29, 0.717) is 0 Å². The molecule has 2 heterocycles. The molecule has 0 aliphatic carbocycles. The first-order chi connectivity index (χ1) is 8.07. The minimum Gasteiger partial charge on any atom is -0.264 e. The van der Waals surface area contributed by atoms with E-state index in [-0.39, 0.29) is 5.54 Å². The number of hydrogen-bond donors (Lipinski definition) is 0. The molecule has 2 rings (SSSR count). The summed E-state index contributed by atoms with van der Waals surface area (Å²) in [7, 11) is 0. The molecule has 0 fully saturated rings. The Balaban J connectivity index is 2.08. The molecule has 5 nitrogen and oxygen atoms in total. The zero-order valence-electron chi connectivity index (χ0n) is 10.2. The monoisotopic (exact) mass is 249 g/mol. The van der Waals surface area contributed by atoms with Gasteiger partial charge in [-0.2, -0.15) is 0 Å². The molecule has 0 unspecified atom stereocenters. The Labute approximate surface area is 105 Å². The van der Waals surface area contributed by atoms with E-state index in [1.165, 1.54) is 5.56 Å². The van der Waals surface area contributed by atoms with E-state index >= 15 is 0 Å². The van der Waals surface area contributed by atoms with Crippen molar-refractivity contribution in [1.29, 1.82) is 0 Å². The summed E-state index contributed by atoms with van der Waals surface area (Å²) in [6.45, 7) is 6.24. The SMILES string of the molecule is CC(C)(C)n1nnnc1SCc1cccnc1. The lowest BCUT2D eigenvalue weighted by Gasteiger charge is -2.19. The van der Waals surface area contributed by atoms with E-state index in [4.69, 9.17) is 0 Å². The van der Waals surface area contributed by atoms with Crippen LogP contribution in [0.5, 0.6) is 0 Å². The van der Waals surface area contributed by atoms with Crippen molar-refractivity contribution in [3.8, 4) is 0 Å². The van der Waals surface area contributed by atoms with Gasteiger partial charge in [0.1, 0.15) is 0 Å². The molecule has 0 N–H and O–H groups in total. The Morgan fingerprint density at radius 2 is 2.18 bits per heavy atom. The van der Waals surface area contributed by atoms with E-state index in [1.54, 1.807) is 18.0 Å². The number of tetrazole rings is 1. The Kier molecular flexibility index (Phi) is 3.42. The van der Waals surface area contributed by atoms with Gasteiger partial charge in [0.05, 0.1) is 5.54 Å². The second-order valence-electron chi connectivity index (χ2n) is 4.69. The largest absolute Gasteiger partial charge is 0.264 e. The van der Waals surface area contributed by atoms with Crippen molar-refractivity contribution in [2.75, 3.05) is 0 Å². The fraction of sp³-hybridized carbons (Fsp3) is 0.455. The molecule has 0 amide bonds. The van der Waals surface area contributed by atoms with Crippen LogP contribution < -0.4 is 0 Å². The molecule has 0 saturated carbocycles. The molecule has 0 aromatic carbocycles. The molecule has 0 atom stereocenters. The summed E-state index contributed by atoms with van der Waals surface area (Å²) in [6.07, 6.45) is 3.63. The van der Waals surface area contributed by atoms with Crippen molar-refractivity contribution in [1.82, 2.24) is 25.2 Å². The predicted octanol–water partition coefficient (Wildman–Crippen LogP) is 2.12. The molecule has 2 aromatic rings. The highest BCUT2D eigenvalue weighted by molar-refractivity contribution is 7.98. The summed E-state index contributed by atoms with van der Waals surface area (Å²) in [5, 5.41) is 12.6. The summed E-state index contributed by atoms with van der Waals surface area (Å²) in [6, 6.07) is 3.98. The fourth-order valence-corrected chi connectivity index (χ4v) is 2.31. The first-order valence-electron chi connectivity index (χ1n) is 5.38. The van der Waals surface area contributed by atoms with Crippen LogP contribution in [0.3, 0.4) is 0 Å².